The fraction of sp³-hybridized carbons (Fsp3) is 0.658. The fourth-order valence-electron chi connectivity index (χ4n) is 6.69. The van der Waals surface area contributed by atoms with Crippen LogP contribution in [-0.4, -0.2) is 116 Å². The summed E-state index contributed by atoms with van der Waals surface area (Å²) in [6.45, 7) is 13.0. The molecule has 10 atom stereocenters. The molecule has 3 aliphatic rings. The highest BCUT2D eigenvalue weighted by atomic mass is 16.6. The zero-order valence-electron chi connectivity index (χ0n) is 30.4. The van der Waals surface area contributed by atoms with Crippen LogP contribution >= 0.6 is 0 Å². The molecule has 4 heterocycles. The van der Waals surface area contributed by atoms with E-state index in [1.807, 2.05) is 39.8 Å². The third-order valence-corrected chi connectivity index (χ3v) is 10.2. The Morgan fingerprint density at radius 1 is 1.22 bits per heavy atom. The number of carbonyl (C=O) groups is 2. The molecule has 1 aromatic rings. The first-order chi connectivity index (χ1) is 23.6. The van der Waals surface area contributed by atoms with Gasteiger partial charge in [0.05, 0.1) is 36.4 Å². The largest absolute Gasteiger partial charge is 0.457 e. The highest BCUT2D eigenvalue weighted by Gasteiger charge is 2.47. The van der Waals surface area contributed by atoms with Crippen LogP contribution in [0, 0.1) is 11.8 Å². The molecule has 2 saturated heterocycles. The van der Waals surface area contributed by atoms with E-state index in [9.17, 15) is 30.0 Å². The summed E-state index contributed by atoms with van der Waals surface area (Å²) in [6, 6.07) is 3.86. The van der Waals surface area contributed by atoms with Gasteiger partial charge in [0.1, 0.15) is 11.7 Å². The van der Waals surface area contributed by atoms with Gasteiger partial charge >= 0.3 is 12.1 Å². The number of amides is 1. The van der Waals surface area contributed by atoms with Crippen LogP contribution in [0.2, 0.25) is 0 Å². The quantitative estimate of drug-likeness (QED) is 0.121. The molecule has 0 saturated carbocycles. The van der Waals surface area contributed by atoms with E-state index in [-0.39, 0.29) is 37.4 Å². The summed E-state index contributed by atoms with van der Waals surface area (Å²) >= 11 is 0. The summed E-state index contributed by atoms with van der Waals surface area (Å²) in [6.07, 6.45) is 8.97. The Kier molecular flexibility index (Phi) is 13.7. The number of aromatic nitrogens is 1. The van der Waals surface area contributed by atoms with Gasteiger partial charge in [0.25, 0.3) is 0 Å². The van der Waals surface area contributed by atoms with Crippen molar-refractivity contribution < 1.29 is 44.2 Å². The van der Waals surface area contributed by atoms with E-state index in [0.29, 0.717) is 44.6 Å². The van der Waals surface area contributed by atoms with Crippen molar-refractivity contribution in [2.45, 2.75) is 121 Å². The number of hydrogen-bond acceptors (Lipinski definition) is 11. The molecule has 1 amide bonds. The normalized spacial score (nSPS) is 33.0. The minimum atomic E-state index is -1.51. The number of aliphatic hydroxyl groups excluding tert-OH is 2. The molecule has 0 spiro atoms. The molecule has 3 aliphatic heterocycles. The summed E-state index contributed by atoms with van der Waals surface area (Å²) < 4.78 is 17.5. The number of anilines is 1. The van der Waals surface area contributed by atoms with E-state index >= 15 is 0 Å². The number of aliphatic hydroxyl groups is 4. The third-order valence-electron chi connectivity index (χ3n) is 10.2. The van der Waals surface area contributed by atoms with Crippen molar-refractivity contribution in [3.8, 4) is 0 Å². The molecule has 0 aliphatic carbocycles. The molecule has 4 N–H and O–H groups in total. The van der Waals surface area contributed by atoms with Crippen LogP contribution in [0.5, 0.6) is 0 Å². The molecule has 0 aromatic carbocycles. The number of pyridine rings is 1. The van der Waals surface area contributed by atoms with E-state index in [1.165, 1.54) is 0 Å². The number of cyclic esters (lactones) is 1. The first kappa shape index (κ1) is 39.5. The monoisotopic (exact) mass is 699 g/mol. The lowest BCUT2D eigenvalue weighted by molar-refractivity contribution is -0.151. The Morgan fingerprint density at radius 3 is 2.56 bits per heavy atom. The Balaban J connectivity index is 1.44. The van der Waals surface area contributed by atoms with E-state index in [1.54, 1.807) is 61.5 Å². The van der Waals surface area contributed by atoms with Gasteiger partial charge in [-0.05, 0) is 63.8 Å². The summed E-state index contributed by atoms with van der Waals surface area (Å²) in [5.74, 6) is -0.981. The average molecular weight is 700 g/mol. The van der Waals surface area contributed by atoms with Crippen LogP contribution < -0.4 is 4.90 Å². The Morgan fingerprint density at radius 2 is 1.90 bits per heavy atom. The second-order valence-electron chi connectivity index (χ2n) is 14.7. The van der Waals surface area contributed by atoms with Crippen molar-refractivity contribution in [1.29, 1.82) is 0 Å². The number of carbonyl (C=O) groups excluding carboxylic acids is 2. The maximum Gasteiger partial charge on any atom is 0.410 e. The van der Waals surface area contributed by atoms with Crippen LogP contribution in [0.1, 0.15) is 73.6 Å². The molecule has 50 heavy (non-hydrogen) atoms. The zero-order valence-corrected chi connectivity index (χ0v) is 30.4. The molecule has 0 bridgehead atoms. The smallest absolute Gasteiger partial charge is 0.410 e. The van der Waals surface area contributed by atoms with Crippen LogP contribution in [0.15, 0.2) is 60.5 Å². The maximum atomic E-state index is 13.4. The topological polar surface area (TPSA) is 165 Å². The van der Waals surface area contributed by atoms with Gasteiger partial charge in [-0.2, -0.15) is 0 Å². The SMILES string of the molecule is CCC(O)C(C)C1OC1CC(C)(O)/C=C/C=C(\C)C1OC(=O)CC(O)CCC(C)(O)C(OC(=O)N2CCN(c3ccncc3)CC2)/C=C\C1C. The number of rotatable bonds is 10. The Hall–Kier alpha value is -3.29. The van der Waals surface area contributed by atoms with Crippen molar-refractivity contribution in [2.75, 3.05) is 31.1 Å². The highest BCUT2D eigenvalue weighted by Crippen LogP contribution is 2.37. The summed E-state index contributed by atoms with van der Waals surface area (Å²) in [5, 5.41) is 43.3. The Labute approximate surface area is 296 Å². The zero-order chi connectivity index (χ0) is 36.6. The van der Waals surface area contributed by atoms with Gasteiger partial charge in [0.15, 0.2) is 6.10 Å². The molecule has 12 heteroatoms. The predicted octanol–water partition coefficient (Wildman–Crippen LogP) is 3.93. The molecule has 10 unspecified atom stereocenters. The van der Waals surface area contributed by atoms with Crippen molar-refractivity contribution >= 4 is 17.7 Å². The molecule has 4 rings (SSSR count). The lowest BCUT2D eigenvalue weighted by atomic mass is 9.88. The van der Waals surface area contributed by atoms with Crippen molar-refractivity contribution in [2.24, 2.45) is 11.8 Å². The minimum absolute atomic E-state index is 0.0173. The average Bonchev–Trinajstić information content (AvgIpc) is 3.84. The number of epoxide rings is 1. The number of allylic oxidation sites excluding steroid dienone is 2. The highest BCUT2D eigenvalue weighted by molar-refractivity contribution is 5.70. The number of nitrogens with zero attached hydrogens (tertiary/aromatic N) is 3. The molecule has 0 radical (unpaired) electrons. The predicted molar refractivity (Wildman–Crippen MR) is 189 cm³/mol. The summed E-state index contributed by atoms with van der Waals surface area (Å²) in [7, 11) is 0. The van der Waals surface area contributed by atoms with Gasteiger partial charge in [0.2, 0.25) is 0 Å². The van der Waals surface area contributed by atoms with Gasteiger partial charge in [-0.25, -0.2) is 4.79 Å². The van der Waals surface area contributed by atoms with Crippen LogP contribution in [0.3, 0.4) is 0 Å². The molecule has 2 fully saturated rings. The molecule has 278 valence electrons. The van der Waals surface area contributed by atoms with Crippen LogP contribution in [-0.2, 0) is 19.0 Å². The van der Waals surface area contributed by atoms with Gasteiger partial charge in [-0.3, -0.25) is 9.78 Å². The summed E-state index contributed by atoms with van der Waals surface area (Å²) in [5.41, 5.74) is -0.951. The molecular weight excluding hydrogens is 642 g/mol. The number of piperazine rings is 1. The lowest BCUT2D eigenvalue weighted by Gasteiger charge is -2.38. The van der Waals surface area contributed by atoms with E-state index in [2.05, 4.69) is 9.88 Å². The van der Waals surface area contributed by atoms with Crippen molar-refractivity contribution in [1.82, 2.24) is 9.88 Å². The molecule has 12 nitrogen and oxygen atoms in total. The second-order valence-corrected chi connectivity index (χ2v) is 14.7. The van der Waals surface area contributed by atoms with E-state index < -0.39 is 53.6 Å². The van der Waals surface area contributed by atoms with Crippen molar-refractivity contribution in [3.63, 3.8) is 0 Å². The van der Waals surface area contributed by atoms with Gasteiger partial charge in [-0.15, -0.1) is 0 Å². The van der Waals surface area contributed by atoms with E-state index in [4.69, 9.17) is 14.2 Å². The Bertz CT molecular complexity index is 1360. The van der Waals surface area contributed by atoms with Gasteiger partial charge in [-0.1, -0.05) is 45.1 Å². The van der Waals surface area contributed by atoms with Crippen LogP contribution in [0.4, 0.5) is 10.5 Å². The number of hydrogen-bond donors (Lipinski definition) is 4. The first-order valence-corrected chi connectivity index (χ1v) is 17.9. The van der Waals surface area contributed by atoms with E-state index in [0.717, 1.165) is 5.69 Å². The molecular formula is C38H57N3O9. The maximum absolute atomic E-state index is 13.4. The first-order valence-electron chi connectivity index (χ1n) is 17.9. The number of esters is 1. The standard InChI is InChI=1S/C38H57N3O9/c1-7-30(43)27(4)35-31(48-35)24-37(5,46)15-8-9-25(2)34-26(3)10-11-32(38(6,47)16-12-29(42)23-33(44)50-34)49-36(45)41-21-19-40(20-22-41)28-13-17-39-18-14-28/h8-11,13-15,17-18,26-27,29-32,34-35,42-43,46-47H,7,12,16,19-24H2,1-6H3/b11-10-,15-8+,25-9+. The van der Waals surface area contributed by atoms with Crippen molar-refractivity contribution in [3.05, 3.63) is 60.5 Å². The van der Waals surface area contributed by atoms with Crippen LogP contribution in [0.25, 0.3) is 0 Å². The number of ether oxygens (including phenoxy) is 3. The summed E-state index contributed by atoms with van der Waals surface area (Å²) in [4.78, 5) is 34.1. The lowest BCUT2D eigenvalue weighted by Crippen LogP contribution is -2.51. The minimum Gasteiger partial charge on any atom is -0.457 e. The molecule has 1 aromatic heterocycles. The second kappa shape index (κ2) is 17.3. The third kappa shape index (κ3) is 11.1. The van der Waals surface area contributed by atoms with Gasteiger partial charge in [0, 0.05) is 62.5 Å². The van der Waals surface area contributed by atoms with Gasteiger partial charge < -0.3 is 44.4 Å². The fourth-order valence-corrected chi connectivity index (χ4v) is 6.69.